The Morgan fingerprint density at radius 2 is 1.90 bits per heavy atom. The number of aromatic nitrogens is 3. The van der Waals surface area contributed by atoms with Gasteiger partial charge in [-0.1, -0.05) is 32.4 Å². The first-order valence-electron chi connectivity index (χ1n) is 13.7. The molecule has 0 saturated carbocycles. The molecule has 0 radical (unpaired) electrons. The number of hydrogen-bond acceptors (Lipinski definition) is 9. The van der Waals surface area contributed by atoms with E-state index in [1.54, 1.807) is 49.3 Å². The minimum absolute atomic E-state index is 0.280. The van der Waals surface area contributed by atoms with E-state index in [4.69, 9.17) is 16.3 Å². The van der Waals surface area contributed by atoms with Crippen LogP contribution in [0.5, 0.6) is 5.75 Å². The van der Waals surface area contributed by atoms with Crippen LogP contribution in [0.1, 0.15) is 40.5 Å². The van der Waals surface area contributed by atoms with Crippen molar-refractivity contribution in [3.63, 3.8) is 0 Å². The number of rotatable bonds is 9. The van der Waals surface area contributed by atoms with Crippen LogP contribution in [0, 0.1) is 5.41 Å². The summed E-state index contributed by atoms with van der Waals surface area (Å²) in [7, 11) is 3.18. The molecule has 2 aromatic heterocycles. The molecule has 1 fully saturated rings. The average molecular weight is 597 g/mol. The number of methoxy groups -OCH3 is 1. The third-order valence-corrected chi connectivity index (χ3v) is 7.59. The molecule has 3 amide bonds. The Bertz CT molecular complexity index is 1480. The van der Waals surface area contributed by atoms with E-state index >= 15 is 0 Å². The number of carbonyl (C=O) groups is 3. The minimum atomic E-state index is -0.811. The van der Waals surface area contributed by atoms with Gasteiger partial charge in [0.05, 0.1) is 30.0 Å². The Labute approximate surface area is 250 Å². The third kappa shape index (κ3) is 6.71. The monoisotopic (exact) mass is 596 g/mol. The van der Waals surface area contributed by atoms with Gasteiger partial charge < -0.3 is 30.9 Å². The second-order valence-corrected chi connectivity index (χ2v) is 11.6. The Hall–Kier alpha value is -4.03. The van der Waals surface area contributed by atoms with E-state index in [-0.39, 0.29) is 22.9 Å². The van der Waals surface area contributed by atoms with Gasteiger partial charge in [0.15, 0.2) is 5.15 Å². The second kappa shape index (κ2) is 12.9. The van der Waals surface area contributed by atoms with Gasteiger partial charge in [-0.25, -0.2) is 15.0 Å². The number of anilines is 3. The van der Waals surface area contributed by atoms with Crippen LogP contribution < -0.4 is 26.0 Å². The topological polar surface area (TPSA) is 150 Å². The zero-order valence-electron chi connectivity index (χ0n) is 24.6. The number of carbonyl (C=O) groups excluding carboxylic acids is 3. The van der Waals surface area contributed by atoms with Crippen LogP contribution in [0.2, 0.25) is 5.15 Å². The molecule has 3 atom stereocenters. The molecule has 1 aromatic carbocycles. The van der Waals surface area contributed by atoms with Crippen molar-refractivity contribution in [1.29, 1.82) is 0 Å². The fourth-order valence-corrected chi connectivity index (χ4v) is 4.96. The fourth-order valence-electron chi connectivity index (χ4n) is 4.79. The molecule has 1 aliphatic rings. The molecular formula is C29H37ClN8O4. The van der Waals surface area contributed by atoms with Gasteiger partial charge in [0, 0.05) is 24.2 Å². The molecule has 13 heteroatoms. The zero-order valence-corrected chi connectivity index (χ0v) is 25.4. The summed E-state index contributed by atoms with van der Waals surface area (Å²) in [4.78, 5) is 54.5. The van der Waals surface area contributed by atoms with Gasteiger partial charge in [-0.05, 0) is 50.4 Å². The van der Waals surface area contributed by atoms with Crippen LogP contribution in [0.25, 0.3) is 10.9 Å². The van der Waals surface area contributed by atoms with Gasteiger partial charge in [0.1, 0.15) is 30.0 Å². The summed E-state index contributed by atoms with van der Waals surface area (Å²) in [5.41, 5.74) is 0.962. The molecule has 224 valence electrons. The quantitative estimate of drug-likeness (QED) is 0.272. The lowest BCUT2D eigenvalue weighted by molar-refractivity contribution is -0.143. The molecule has 0 bridgehead atoms. The van der Waals surface area contributed by atoms with Crippen LogP contribution in [-0.2, 0) is 14.4 Å². The molecule has 12 nitrogen and oxygen atoms in total. The lowest BCUT2D eigenvalue weighted by Gasteiger charge is -2.36. The third-order valence-electron chi connectivity index (χ3n) is 7.29. The van der Waals surface area contributed by atoms with Crippen LogP contribution in [0.15, 0.2) is 36.8 Å². The molecule has 1 aliphatic heterocycles. The number of halogens is 1. The smallest absolute Gasteiger partial charge is 0.247 e. The number of amides is 3. The minimum Gasteiger partial charge on any atom is -0.494 e. The van der Waals surface area contributed by atoms with Crippen molar-refractivity contribution in [2.24, 2.45) is 5.41 Å². The van der Waals surface area contributed by atoms with Crippen LogP contribution >= 0.6 is 11.6 Å². The van der Waals surface area contributed by atoms with Gasteiger partial charge in [-0.2, -0.15) is 0 Å². The molecular weight excluding hydrogens is 560 g/mol. The normalized spacial score (nSPS) is 16.5. The fraction of sp³-hybridized carbons (Fsp3) is 0.448. The number of nitrogens with one attached hydrogen (secondary N) is 4. The van der Waals surface area contributed by atoms with Crippen LogP contribution in [0.4, 0.5) is 17.2 Å². The van der Waals surface area contributed by atoms with Crippen LogP contribution in [0.3, 0.4) is 0 Å². The highest BCUT2D eigenvalue weighted by Crippen LogP contribution is 2.35. The number of likely N-dealkylation sites (tertiary alicyclic amines) is 1. The zero-order chi connectivity index (χ0) is 30.6. The summed E-state index contributed by atoms with van der Waals surface area (Å²) in [5.74, 6) is -0.0775. The summed E-state index contributed by atoms with van der Waals surface area (Å²) in [6.07, 6.45) is 4.14. The summed E-state index contributed by atoms with van der Waals surface area (Å²) in [6, 6.07) is 4.94. The molecule has 1 saturated heterocycles. The Morgan fingerprint density at radius 1 is 1.14 bits per heavy atom. The van der Waals surface area contributed by atoms with Crippen LogP contribution in [-0.4, -0.2) is 76.4 Å². The van der Waals surface area contributed by atoms with E-state index < -0.39 is 23.5 Å². The molecule has 3 heterocycles. The van der Waals surface area contributed by atoms with E-state index in [9.17, 15) is 14.4 Å². The number of nitrogens with zero attached hydrogens (tertiary/aromatic N) is 4. The predicted octanol–water partition coefficient (Wildman–Crippen LogP) is 3.50. The van der Waals surface area contributed by atoms with Gasteiger partial charge in [-0.15, -0.1) is 0 Å². The molecule has 4 N–H and O–H groups in total. The largest absolute Gasteiger partial charge is 0.494 e. The van der Waals surface area contributed by atoms with Crippen molar-refractivity contribution in [2.75, 3.05) is 31.3 Å². The second-order valence-electron chi connectivity index (χ2n) is 11.3. The maximum absolute atomic E-state index is 13.8. The lowest BCUT2D eigenvalue weighted by atomic mass is 9.85. The molecule has 0 aliphatic carbocycles. The average Bonchev–Trinajstić information content (AvgIpc) is 3.46. The van der Waals surface area contributed by atoms with Crippen molar-refractivity contribution >= 4 is 57.4 Å². The van der Waals surface area contributed by atoms with Gasteiger partial charge in [-0.3, -0.25) is 14.4 Å². The maximum Gasteiger partial charge on any atom is 0.247 e. The maximum atomic E-state index is 13.8. The van der Waals surface area contributed by atoms with Crippen molar-refractivity contribution in [2.45, 2.75) is 58.7 Å². The molecule has 42 heavy (non-hydrogen) atoms. The first-order chi connectivity index (χ1) is 19.9. The van der Waals surface area contributed by atoms with Crippen molar-refractivity contribution in [1.82, 2.24) is 30.5 Å². The van der Waals surface area contributed by atoms with Gasteiger partial charge in [0.2, 0.25) is 17.7 Å². The number of fused-ring (bicyclic) bond motifs is 1. The molecule has 0 unspecified atom stereocenters. The number of likely N-dealkylation sites (N-methyl/N-ethyl adjacent to an activating group) is 1. The van der Waals surface area contributed by atoms with E-state index in [1.807, 2.05) is 20.8 Å². The SMILES string of the molecule is CN[C@@H](C)C(=O)N[C@H](C(=O)N1CCC[C@H]1C(=O)Nc1cc2c(Nc3cccnc3Cl)ncnc2cc1OC)C(C)(C)C. The molecule has 4 rings (SSSR count). The summed E-state index contributed by atoms with van der Waals surface area (Å²) in [5, 5.41) is 12.8. The lowest BCUT2D eigenvalue weighted by Crippen LogP contribution is -2.59. The van der Waals surface area contributed by atoms with E-state index in [2.05, 4.69) is 36.2 Å². The Balaban J connectivity index is 1.60. The van der Waals surface area contributed by atoms with Gasteiger partial charge >= 0.3 is 0 Å². The standard InChI is InChI=1S/C29H37ClN8O4/c1-16(31-5)26(39)37-23(29(2,3)4)28(41)38-12-8-10-21(38)27(40)36-20-13-17-19(14-22(20)42-6)33-15-34-25(17)35-18-9-7-11-32-24(18)30/h7,9,11,13-16,21,23,31H,8,10,12H2,1-6H3,(H,36,40)(H,37,39)(H,33,34,35)/t16-,21-,23+/m0/s1. The number of benzene rings is 1. The summed E-state index contributed by atoms with van der Waals surface area (Å²) >= 11 is 6.23. The van der Waals surface area contributed by atoms with Crippen molar-refractivity contribution in [3.8, 4) is 5.75 Å². The van der Waals surface area contributed by atoms with E-state index in [0.717, 1.165) is 0 Å². The highest BCUT2D eigenvalue weighted by Gasteiger charge is 2.42. The number of ether oxygens (including phenoxy) is 1. The van der Waals surface area contributed by atoms with Crippen molar-refractivity contribution < 1.29 is 19.1 Å². The predicted molar refractivity (Wildman–Crippen MR) is 162 cm³/mol. The Morgan fingerprint density at radius 3 is 2.57 bits per heavy atom. The molecule has 0 spiro atoms. The highest BCUT2D eigenvalue weighted by molar-refractivity contribution is 6.32. The summed E-state index contributed by atoms with van der Waals surface area (Å²) < 4.78 is 5.57. The first-order valence-corrected chi connectivity index (χ1v) is 14.1. The first kappa shape index (κ1) is 30.9. The van der Waals surface area contributed by atoms with Gasteiger partial charge in [0.25, 0.3) is 0 Å². The number of hydrogen-bond donors (Lipinski definition) is 4. The summed E-state index contributed by atoms with van der Waals surface area (Å²) in [6.45, 7) is 7.79. The van der Waals surface area contributed by atoms with Crippen molar-refractivity contribution in [3.05, 3.63) is 41.9 Å². The Kier molecular flexibility index (Phi) is 9.47. The number of pyridine rings is 1. The highest BCUT2D eigenvalue weighted by atomic mass is 35.5. The van der Waals surface area contributed by atoms with E-state index in [0.29, 0.717) is 53.2 Å². The molecule has 3 aromatic rings. The van der Waals surface area contributed by atoms with E-state index in [1.165, 1.54) is 13.4 Å².